The number of carboxylic acid groups (broad SMARTS) is 1. The molecule has 1 unspecified atom stereocenters. The molecule has 0 amide bonds. The van der Waals surface area contributed by atoms with Crippen LogP contribution in [0.1, 0.15) is 35.6 Å². The average molecular weight is 304 g/mol. The lowest BCUT2D eigenvalue weighted by Gasteiger charge is -2.14. The molecule has 1 rings (SSSR count). The number of carboxylic acids is 1. The van der Waals surface area contributed by atoms with Gasteiger partial charge in [0.15, 0.2) is 0 Å². The first-order valence-corrected chi connectivity index (χ1v) is 7.71. The number of hydrogen-bond acceptors (Lipinski definition) is 4. The SMILES string of the molecule is CCOCC(C)NS(=O)(=O)c1c(C)[nH]c(C(=O)O)c1C. The molecule has 20 heavy (non-hydrogen) atoms. The normalized spacial score (nSPS) is 13.4. The zero-order chi connectivity index (χ0) is 15.5. The summed E-state index contributed by atoms with van der Waals surface area (Å²) in [6, 6.07) is -0.401. The van der Waals surface area contributed by atoms with Gasteiger partial charge < -0.3 is 14.8 Å². The van der Waals surface area contributed by atoms with Crippen LogP contribution < -0.4 is 4.72 Å². The Morgan fingerprint density at radius 3 is 2.50 bits per heavy atom. The number of hydrogen-bond donors (Lipinski definition) is 3. The second kappa shape index (κ2) is 6.38. The molecule has 114 valence electrons. The molecule has 1 heterocycles. The van der Waals surface area contributed by atoms with Crippen LogP contribution in [-0.4, -0.2) is 43.7 Å². The van der Waals surface area contributed by atoms with Gasteiger partial charge in [0.2, 0.25) is 10.0 Å². The number of H-pyrrole nitrogens is 1. The highest BCUT2D eigenvalue weighted by atomic mass is 32.2. The Bertz CT molecular complexity index is 591. The lowest BCUT2D eigenvalue weighted by molar-refractivity contribution is 0.0690. The zero-order valence-electron chi connectivity index (χ0n) is 12.0. The summed E-state index contributed by atoms with van der Waals surface area (Å²) in [5, 5.41) is 9.00. The number of aromatic nitrogens is 1. The number of ether oxygens (including phenoxy) is 1. The van der Waals surface area contributed by atoms with Crippen molar-refractivity contribution in [2.75, 3.05) is 13.2 Å². The monoisotopic (exact) mass is 304 g/mol. The van der Waals surface area contributed by atoms with E-state index in [9.17, 15) is 13.2 Å². The fourth-order valence-electron chi connectivity index (χ4n) is 2.00. The van der Waals surface area contributed by atoms with Gasteiger partial charge in [-0.3, -0.25) is 0 Å². The molecule has 1 aromatic rings. The Morgan fingerprint density at radius 2 is 2.05 bits per heavy atom. The van der Waals surface area contributed by atoms with E-state index in [1.165, 1.54) is 13.8 Å². The summed E-state index contributed by atoms with van der Waals surface area (Å²) in [6.45, 7) is 7.25. The van der Waals surface area contributed by atoms with Crippen molar-refractivity contribution in [3.05, 3.63) is 17.0 Å². The molecule has 0 aliphatic heterocycles. The average Bonchev–Trinajstić information content (AvgIpc) is 2.62. The van der Waals surface area contributed by atoms with E-state index in [-0.39, 0.29) is 22.8 Å². The summed E-state index contributed by atoms with van der Waals surface area (Å²) < 4.78 is 32.2. The summed E-state index contributed by atoms with van der Waals surface area (Å²) in [5.74, 6) is -1.19. The zero-order valence-corrected chi connectivity index (χ0v) is 12.8. The van der Waals surface area contributed by atoms with Gasteiger partial charge in [0.25, 0.3) is 0 Å². The largest absolute Gasteiger partial charge is 0.477 e. The maximum atomic E-state index is 12.3. The van der Waals surface area contributed by atoms with Crippen LogP contribution >= 0.6 is 0 Å². The molecule has 1 aromatic heterocycles. The number of aryl methyl sites for hydroxylation is 1. The molecule has 0 radical (unpaired) electrons. The highest BCUT2D eigenvalue weighted by Gasteiger charge is 2.27. The van der Waals surface area contributed by atoms with E-state index in [1.807, 2.05) is 6.92 Å². The Labute approximate surface area is 118 Å². The molecule has 0 saturated carbocycles. The predicted molar refractivity (Wildman–Crippen MR) is 73.5 cm³/mol. The molecule has 0 spiro atoms. The Kier molecular flexibility index (Phi) is 5.32. The lowest BCUT2D eigenvalue weighted by atomic mass is 10.2. The summed E-state index contributed by atoms with van der Waals surface area (Å²) in [6.07, 6.45) is 0. The molecule has 7 nitrogen and oxygen atoms in total. The molecular weight excluding hydrogens is 284 g/mol. The summed E-state index contributed by atoms with van der Waals surface area (Å²) in [7, 11) is -3.79. The molecule has 0 aliphatic rings. The fourth-order valence-corrected chi connectivity index (χ4v) is 3.68. The summed E-state index contributed by atoms with van der Waals surface area (Å²) in [4.78, 5) is 13.6. The maximum absolute atomic E-state index is 12.3. The van der Waals surface area contributed by atoms with E-state index in [2.05, 4.69) is 9.71 Å². The van der Waals surface area contributed by atoms with E-state index >= 15 is 0 Å². The third-order valence-electron chi connectivity index (χ3n) is 2.78. The third kappa shape index (κ3) is 3.59. The van der Waals surface area contributed by atoms with Crippen LogP contribution in [0.25, 0.3) is 0 Å². The van der Waals surface area contributed by atoms with Crippen molar-refractivity contribution in [3.8, 4) is 0 Å². The second-order valence-corrected chi connectivity index (χ2v) is 6.22. The first-order chi connectivity index (χ1) is 9.20. The van der Waals surface area contributed by atoms with Crippen LogP contribution in [0.5, 0.6) is 0 Å². The Hall–Kier alpha value is -1.38. The quantitative estimate of drug-likeness (QED) is 0.697. The Morgan fingerprint density at radius 1 is 1.45 bits per heavy atom. The van der Waals surface area contributed by atoms with Gasteiger partial charge >= 0.3 is 5.97 Å². The number of aromatic amines is 1. The van der Waals surface area contributed by atoms with Gasteiger partial charge in [-0.1, -0.05) is 0 Å². The van der Waals surface area contributed by atoms with Crippen LogP contribution in [0, 0.1) is 13.8 Å². The lowest BCUT2D eigenvalue weighted by Crippen LogP contribution is -2.36. The van der Waals surface area contributed by atoms with Gasteiger partial charge in [0.05, 0.1) is 6.61 Å². The van der Waals surface area contributed by atoms with Gasteiger partial charge in [-0.2, -0.15) is 0 Å². The van der Waals surface area contributed by atoms with E-state index in [0.717, 1.165) is 0 Å². The smallest absolute Gasteiger partial charge is 0.352 e. The minimum Gasteiger partial charge on any atom is -0.477 e. The number of carbonyl (C=O) groups is 1. The van der Waals surface area contributed by atoms with Crippen molar-refractivity contribution >= 4 is 16.0 Å². The van der Waals surface area contributed by atoms with E-state index in [0.29, 0.717) is 12.3 Å². The number of nitrogens with one attached hydrogen (secondary N) is 2. The van der Waals surface area contributed by atoms with Crippen molar-refractivity contribution in [1.29, 1.82) is 0 Å². The van der Waals surface area contributed by atoms with E-state index in [1.54, 1.807) is 6.92 Å². The standard InChI is InChI=1S/C12H20N2O5S/c1-5-19-6-7(2)14-20(17,18)11-8(3)10(12(15)16)13-9(11)4/h7,13-14H,5-6H2,1-4H3,(H,15,16). The van der Waals surface area contributed by atoms with Crippen LogP contribution in [0.2, 0.25) is 0 Å². The second-order valence-electron chi connectivity index (χ2n) is 4.57. The van der Waals surface area contributed by atoms with E-state index < -0.39 is 22.0 Å². The highest BCUT2D eigenvalue weighted by Crippen LogP contribution is 2.23. The molecule has 1 atom stereocenters. The highest BCUT2D eigenvalue weighted by molar-refractivity contribution is 7.89. The van der Waals surface area contributed by atoms with Crippen molar-refractivity contribution in [2.45, 2.75) is 38.6 Å². The molecule has 0 bridgehead atoms. The van der Waals surface area contributed by atoms with Crippen molar-refractivity contribution in [3.63, 3.8) is 0 Å². The fraction of sp³-hybridized carbons (Fsp3) is 0.583. The van der Waals surface area contributed by atoms with Crippen LogP contribution in [0.15, 0.2) is 4.90 Å². The van der Waals surface area contributed by atoms with Gasteiger partial charge in [-0.05, 0) is 27.7 Å². The van der Waals surface area contributed by atoms with Crippen molar-refractivity contribution in [2.24, 2.45) is 0 Å². The van der Waals surface area contributed by atoms with Crippen molar-refractivity contribution < 1.29 is 23.1 Å². The number of aromatic carboxylic acids is 1. The van der Waals surface area contributed by atoms with Crippen LogP contribution in [-0.2, 0) is 14.8 Å². The molecule has 0 aliphatic carbocycles. The molecule has 0 aromatic carbocycles. The van der Waals surface area contributed by atoms with Gasteiger partial charge in [0, 0.05) is 23.9 Å². The first kappa shape index (κ1) is 16.7. The molecule has 0 saturated heterocycles. The van der Waals surface area contributed by atoms with Gasteiger partial charge in [-0.15, -0.1) is 0 Å². The topological polar surface area (TPSA) is 108 Å². The number of sulfonamides is 1. The minimum absolute atomic E-state index is 0.0155. The molecule has 3 N–H and O–H groups in total. The van der Waals surface area contributed by atoms with Gasteiger partial charge in [0.1, 0.15) is 10.6 Å². The molecule has 8 heteroatoms. The van der Waals surface area contributed by atoms with Crippen LogP contribution in [0.4, 0.5) is 0 Å². The predicted octanol–water partition coefficient (Wildman–Crippen LogP) is 1.03. The molecular formula is C12H20N2O5S. The summed E-state index contributed by atoms with van der Waals surface area (Å²) >= 11 is 0. The first-order valence-electron chi connectivity index (χ1n) is 6.23. The molecule has 0 fully saturated rings. The van der Waals surface area contributed by atoms with Crippen molar-refractivity contribution in [1.82, 2.24) is 9.71 Å². The van der Waals surface area contributed by atoms with E-state index in [4.69, 9.17) is 9.84 Å². The summed E-state index contributed by atoms with van der Waals surface area (Å²) in [5.41, 5.74) is 0.391. The van der Waals surface area contributed by atoms with Crippen LogP contribution in [0.3, 0.4) is 0 Å². The number of rotatable bonds is 7. The minimum atomic E-state index is -3.79. The maximum Gasteiger partial charge on any atom is 0.352 e. The van der Waals surface area contributed by atoms with Gasteiger partial charge in [-0.25, -0.2) is 17.9 Å². The Balaban J connectivity index is 3.07. The third-order valence-corrected chi connectivity index (χ3v) is 4.64.